The van der Waals surface area contributed by atoms with Crippen LogP contribution >= 0.6 is 0 Å². The second-order valence-electron chi connectivity index (χ2n) is 9.22. The number of nitrogens with one attached hydrogen (secondary N) is 1. The summed E-state index contributed by atoms with van der Waals surface area (Å²) in [6, 6.07) is 9.85. The number of aliphatic hydroxyl groups is 1. The number of nitrogens with zero attached hydrogens (tertiary/aromatic N) is 1. The lowest BCUT2D eigenvalue weighted by molar-refractivity contribution is -0.149. The zero-order chi connectivity index (χ0) is 20.3. The molecule has 1 aromatic rings. The van der Waals surface area contributed by atoms with Gasteiger partial charge in [0.1, 0.15) is 0 Å². The third-order valence-corrected chi connectivity index (χ3v) is 7.34. The molecule has 2 unspecified atom stereocenters. The standard InChI is InChI=1S/C25H36N2O2/c1-2-3-4-11-16-27-17-21-22(18-27)23(21)26-24(28)25(29,19-12-7-5-8-13-19)20-14-9-6-10-15-20/h3-5,7-8,12-13,20-23,29H,2,6,9-11,14-18H2,1H3,(H,26,28)/b4-3+/t21-,22+,23?,25?. The number of benzene rings is 1. The highest BCUT2D eigenvalue weighted by Gasteiger charge is 2.58. The van der Waals surface area contributed by atoms with E-state index in [-0.39, 0.29) is 17.9 Å². The van der Waals surface area contributed by atoms with Crippen molar-refractivity contribution >= 4 is 5.91 Å². The van der Waals surface area contributed by atoms with Gasteiger partial charge in [0, 0.05) is 31.6 Å². The van der Waals surface area contributed by atoms with Crippen LogP contribution in [0, 0.1) is 17.8 Å². The highest BCUT2D eigenvalue weighted by atomic mass is 16.3. The number of carbonyl (C=O) groups is 1. The molecule has 4 heteroatoms. The summed E-state index contributed by atoms with van der Waals surface area (Å²) in [6.07, 6.45) is 12.0. The number of fused-ring (bicyclic) bond motifs is 1. The first-order valence-corrected chi connectivity index (χ1v) is 11.6. The largest absolute Gasteiger partial charge is 0.375 e. The molecule has 1 amide bonds. The Bertz CT molecular complexity index is 701. The number of hydrogen-bond acceptors (Lipinski definition) is 3. The first kappa shape index (κ1) is 20.6. The van der Waals surface area contributed by atoms with Gasteiger partial charge < -0.3 is 15.3 Å². The van der Waals surface area contributed by atoms with Gasteiger partial charge in [-0.25, -0.2) is 0 Å². The Hall–Kier alpha value is -1.65. The molecule has 3 aliphatic rings. The molecule has 0 bridgehead atoms. The zero-order valence-electron chi connectivity index (χ0n) is 17.7. The maximum absolute atomic E-state index is 13.4. The van der Waals surface area contributed by atoms with Gasteiger partial charge in [0.15, 0.2) is 5.60 Å². The highest BCUT2D eigenvalue weighted by Crippen LogP contribution is 2.47. The monoisotopic (exact) mass is 396 g/mol. The van der Waals surface area contributed by atoms with Crippen molar-refractivity contribution in [1.29, 1.82) is 0 Å². The van der Waals surface area contributed by atoms with Crippen LogP contribution in [-0.2, 0) is 10.4 Å². The molecule has 1 aliphatic heterocycles. The molecule has 1 aromatic carbocycles. The second kappa shape index (κ2) is 9.01. The molecular formula is C25H36N2O2. The Morgan fingerprint density at radius 2 is 1.83 bits per heavy atom. The van der Waals surface area contributed by atoms with Gasteiger partial charge in [-0.3, -0.25) is 4.79 Å². The summed E-state index contributed by atoms with van der Waals surface area (Å²) in [5.74, 6) is 0.951. The normalized spacial score (nSPS) is 29.5. The van der Waals surface area contributed by atoms with E-state index in [1.165, 1.54) is 6.42 Å². The average Bonchev–Trinajstić information content (AvgIpc) is 3.20. The number of allylic oxidation sites excluding steroid dienone is 1. The molecule has 3 fully saturated rings. The van der Waals surface area contributed by atoms with Crippen molar-refractivity contribution in [3.05, 3.63) is 48.0 Å². The predicted octanol–water partition coefficient (Wildman–Crippen LogP) is 3.86. The van der Waals surface area contributed by atoms with Crippen LogP contribution in [0.3, 0.4) is 0 Å². The topological polar surface area (TPSA) is 52.6 Å². The summed E-state index contributed by atoms with van der Waals surface area (Å²) >= 11 is 0. The van der Waals surface area contributed by atoms with Gasteiger partial charge >= 0.3 is 0 Å². The van der Waals surface area contributed by atoms with Crippen LogP contribution < -0.4 is 5.32 Å². The molecule has 4 atom stereocenters. The van der Waals surface area contributed by atoms with Crippen molar-refractivity contribution in [3.63, 3.8) is 0 Å². The fraction of sp³-hybridized carbons (Fsp3) is 0.640. The highest BCUT2D eigenvalue weighted by molar-refractivity contribution is 5.87. The Kier molecular flexibility index (Phi) is 6.41. The van der Waals surface area contributed by atoms with Gasteiger partial charge in [0.05, 0.1) is 0 Å². The number of hydrogen-bond donors (Lipinski definition) is 2. The van der Waals surface area contributed by atoms with Crippen molar-refractivity contribution in [2.24, 2.45) is 17.8 Å². The molecule has 1 heterocycles. The van der Waals surface area contributed by atoms with Crippen LogP contribution in [-0.4, -0.2) is 41.6 Å². The van der Waals surface area contributed by atoms with Gasteiger partial charge in [0.25, 0.3) is 5.91 Å². The Balaban J connectivity index is 1.37. The molecule has 4 nitrogen and oxygen atoms in total. The predicted molar refractivity (Wildman–Crippen MR) is 116 cm³/mol. The molecule has 2 aliphatic carbocycles. The second-order valence-corrected chi connectivity index (χ2v) is 9.22. The molecule has 29 heavy (non-hydrogen) atoms. The molecule has 0 radical (unpaired) electrons. The third kappa shape index (κ3) is 4.29. The van der Waals surface area contributed by atoms with E-state index in [0.717, 1.165) is 63.7 Å². The van der Waals surface area contributed by atoms with Crippen LogP contribution in [0.15, 0.2) is 42.5 Å². The fourth-order valence-electron chi connectivity index (χ4n) is 5.58. The number of amides is 1. The van der Waals surface area contributed by atoms with E-state index in [1.54, 1.807) is 0 Å². The van der Waals surface area contributed by atoms with Crippen LogP contribution in [0.2, 0.25) is 0 Å². The Labute approximate surface area is 175 Å². The van der Waals surface area contributed by atoms with Gasteiger partial charge in [-0.15, -0.1) is 0 Å². The SMILES string of the molecule is CC/C=C/CCN1C[C@@H]2C(NC(=O)C(O)(c3ccccc3)C3CCCCC3)[C@@H]2C1. The van der Waals surface area contributed by atoms with E-state index in [0.29, 0.717) is 11.8 Å². The minimum atomic E-state index is -1.40. The molecule has 2 saturated carbocycles. The lowest BCUT2D eigenvalue weighted by Crippen LogP contribution is -2.51. The van der Waals surface area contributed by atoms with Crippen molar-refractivity contribution in [2.75, 3.05) is 19.6 Å². The number of carbonyl (C=O) groups excluding carboxylic acids is 1. The van der Waals surface area contributed by atoms with Gasteiger partial charge in [0.2, 0.25) is 0 Å². The smallest absolute Gasteiger partial charge is 0.257 e. The van der Waals surface area contributed by atoms with Crippen molar-refractivity contribution in [3.8, 4) is 0 Å². The zero-order valence-corrected chi connectivity index (χ0v) is 17.7. The lowest BCUT2D eigenvalue weighted by Gasteiger charge is -2.38. The maximum Gasteiger partial charge on any atom is 0.257 e. The number of likely N-dealkylation sites (tertiary alicyclic amines) is 1. The summed E-state index contributed by atoms with van der Waals surface area (Å²) in [4.78, 5) is 15.9. The molecule has 0 spiro atoms. The van der Waals surface area contributed by atoms with Crippen LogP contribution in [0.4, 0.5) is 0 Å². The molecule has 158 valence electrons. The Morgan fingerprint density at radius 1 is 1.14 bits per heavy atom. The minimum Gasteiger partial charge on any atom is -0.375 e. The fourth-order valence-corrected chi connectivity index (χ4v) is 5.58. The molecule has 4 rings (SSSR count). The minimum absolute atomic E-state index is 0.0130. The maximum atomic E-state index is 13.4. The first-order chi connectivity index (χ1) is 14.1. The van der Waals surface area contributed by atoms with Gasteiger partial charge in [-0.2, -0.15) is 0 Å². The van der Waals surface area contributed by atoms with Gasteiger partial charge in [-0.1, -0.05) is 68.7 Å². The summed E-state index contributed by atoms with van der Waals surface area (Å²) in [6.45, 7) is 5.42. The quantitative estimate of drug-likeness (QED) is 0.656. The van der Waals surface area contributed by atoms with Crippen molar-refractivity contribution in [1.82, 2.24) is 10.2 Å². The van der Waals surface area contributed by atoms with E-state index in [4.69, 9.17) is 0 Å². The summed E-state index contributed by atoms with van der Waals surface area (Å²) in [5, 5.41) is 15.0. The summed E-state index contributed by atoms with van der Waals surface area (Å²) in [5.41, 5.74) is -0.650. The van der Waals surface area contributed by atoms with E-state index in [1.807, 2.05) is 30.3 Å². The average molecular weight is 397 g/mol. The van der Waals surface area contributed by atoms with E-state index in [9.17, 15) is 9.90 Å². The van der Waals surface area contributed by atoms with Gasteiger partial charge in [-0.05, 0) is 43.1 Å². The molecular weight excluding hydrogens is 360 g/mol. The molecule has 0 aromatic heterocycles. The number of piperidine rings is 1. The molecule has 2 N–H and O–H groups in total. The van der Waals surface area contributed by atoms with Crippen molar-refractivity contribution < 1.29 is 9.90 Å². The van der Waals surface area contributed by atoms with Crippen LogP contribution in [0.5, 0.6) is 0 Å². The first-order valence-electron chi connectivity index (χ1n) is 11.6. The van der Waals surface area contributed by atoms with E-state index in [2.05, 4.69) is 29.3 Å². The molecule has 1 saturated heterocycles. The third-order valence-electron chi connectivity index (χ3n) is 7.34. The van der Waals surface area contributed by atoms with Crippen LogP contribution in [0.1, 0.15) is 57.4 Å². The van der Waals surface area contributed by atoms with Crippen LogP contribution in [0.25, 0.3) is 0 Å². The summed E-state index contributed by atoms with van der Waals surface area (Å²) in [7, 11) is 0. The van der Waals surface area contributed by atoms with Crippen molar-refractivity contribution in [2.45, 2.75) is 63.5 Å². The summed E-state index contributed by atoms with van der Waals surface area (Å²) < 4.78 is 0. The lowest BCUT2D eigenvalue weighted by atomic mass is 9.73. The van der Waals surface area contributed by atoms with E-state index >= 15 is 0 Å². The Morgan fingerprint density at radius 3 is 2.48 bits per heavy atom. The number of rotatable bonds is 8. The van der Waals surface area contributed by atoms with E-state index < -0.39 is 5.60 Å².